The molecule has 0 unspecified atom stereocenters. The van der Waals surface area contributed by atoms with Gasteiger partial charge in [-0.3, -0.25) is 4.79 Å². The third kappa shape index (κ3) is 12.0. The summed E-state index contributed by atoms with van der Waals surface area (Å²) in [5.41, 5.74) is 0.594. The van der Waals surface area contributed by atoms with E-state index >= 15 is 0 Å². The molecule has 3 aromatic carbocycles. The Kier molecular flexibility index (Phi) is 13.9. The van der Waals surface area contributed by atoms with E-state index in [1.54, 1.807) is 48.5 Å². The Bertz CT molecular complexity index is 1360. The fourth-order valence-electron chi connectivity index (χ4n) is 3.59. The fraction of sp³-hybridized carbons (Fsp3) is 0.273. The molecular formula is C33H34O11. The van der Waals surface area contributed by atoms with Gasteiger partial charge in [0.05, 0.1) is 11.1 Å². The Morgan fingerprint density at radius 2 is 1.05 bits per heavy atom. The molecule has 11 heteroatoms. The molecule has 0 saturated carbocycles. The van der Waals surface area contributed by atoms with Crippen LogP contribution in [-0.2, 0) is 19.1 Å². The molecule has 11 nitrogen and oxygen atoms in total. The Morgan fingerprint density at radius 3 is 1.50 bits per heavy atom. The van der Waals surface area contributed by atoms with Crippen molar-refractivity contribution in [1.29, 1.82) is 0 Å². The number of aliphatic hydroxyl groups is 1. The molecule has 0 spiro atoms. The van der Waals surface area contributed by atoms with Crippen LogP contribution in [-0.4, -0.2) is 62.0 Å². The second-order valence-electron chi connectivity index (χ2n) is 9.12. The number of unbranched alkanes of at least 4 members (excludes halogenated alkanes) is 2. The minimum absolute atomic E-state index is 0.0666. The van der Waals surface area contributed by atoms with Crippen LogP contribution in [0.15, 0.2) is 85.5 Å². The van der Waals surface area contributed by atoms with Crippen LogP contribution in [0, 0.1) is 0 Å². The normalized spacial score (nSPS) is 10.3. The Balaban J connectivity index is 1.38. The molecule has 0 fully saturated rings. The number of ether oxygens (including phenoxy) is 6. The summed E-state index contributed by atoms with van der Waals surface area (Å²) in [4.78, 5) is 47.7. The highest BCUT2D eigenvalue weighted by Crippen LogP contribution is 2.21. The highest BCUT2D eigenvalue weighted by atomic mass is 16.6. The van der Waals surface area contributed by atoms with Gasteiger partial charge in [0.25, 0.3) is 0 Å². The summed E-state index contributed by atoms with van der Waals surface area (Å²) in [6, 6.07) is 18.6. The molecule has 1 N–H and O–H groups in total. The molecule has 0 aliphatic heterocycles. The summed E-state index contributed by atoms with van der Waals surface area (Å²) in [7, 11) is 0. The quantitative estimate of drug-likeness (QED) is 0.0931. The predicted molar refractivity (Wildman–Crippen MR) is 158 cm³/mol. The summed E-state index contributed by atoms with van der Waals surface area (Å²) in [6.45, 7) is 3.91. The smallest absolute Gasteiger partial charge is 0.343 e. The van der Waals surface area contributed by atoms with E-state index in [9.17, 15) is 19.2 Å². The number of esters is 4. The first-order valence-electron chi connectivity index (χ1n) is 13.9. The molecule has 232 valence electrons. The van der Waals surface area contributed by atoms with Crippen molar-refractivity contribution in [2.75, 3.05) is 33.0 Å². The molecule has 0 aliphatic rings. The maximum Gasteiger partial charge on any atom is 0.343 e. The zero-order valence-corrected chi connectivity index (χ0v) is 24.1. The highest BCUT2D eigenvalue weighted by molar-refractivity contribution is 5.92. The van der Waals surface area contributed by atoms with Gasteiger partial charge in [0.1, 0.15) is 49.4 Å². The molecule has 44 heavy (non-hydrogen) atoms. The van der Waals surface area contributed by atoms with Crippen LogP contribution >= 0.6 is 0 Å². The molecule has 0 atom stereocenters. The van der Waals surface area contributed by atoms with Gasteiger partial charge in [-0.1, -0.05) is 13.0 Å². The molecule has 0 saturated heterocycles. The largest absolute Gasteiger partial charge is 0.490 e. The second kappa shape index (κ2) is 18.4. The van der Waals surface area contributed by atoms with E-state index < -0.39 is 17.9 Å². The van der Waals surface area contributed by atoms with E-state index in [0.717, 1.165) is 12.5 Å². The van der Waals surface area contributed by atoms with Gasteiger partial charge in [0.2, 0.25) is 0 Å². The van der Waals surface area contributed by atoms with E-state index in [1.165, 1.54) is 24.3 Å². The van der Waals surface area contributed by atoms with Crippen LogP contribution in [0.4, 0.5) is 0 Å². The van der Waals surface area contributed by atoms with Crippen LogP contribution < -0.4 is 18.9 Å². The lowest BCUT2D eigenvalue weighted by atomic mass is 10.2. The molecule has 0 amide bonds. The van der Waals surface area contributed by atoms with Crippen molar-refractivity contribution in [3.05, 3.63) is 96.6 Å². The first-order valence-corrected chi connectivity index (χ1v) is 13.9. The molecule has 0 heterocycles. The van der Waals surface area contributed by atoms with Crippen molar-refractivity contribution >= 4 is 23.9 Å². The fourth-order valence-corrected chi connectivity index (χ4v) is 3.59. The molecule has 0 aromatic heterocycles. The van der Waals surface area contributed by atoms with Gasteiger partial charge in [0, 0.05) is 19.1 Å². The van der Waals surface area contributed by atoms with Crippen LogP contribution in [0.5, 0.6) is 23.0 Å². The van der Waals surface area contributed by atoms with Gasteiger partial charge >= 0.3 is 23.9 Å². The van der Waals surface area contributed by atoms with E-state index in [4.69, 9.17) is 33.5 Å². The number of hydrogen-bond acceptors (Lipinski definition) is 11. The highest BCUT2D eigenvalue weighted by Gasteiger charge is 2.12. The number of carbonyl (C=O) groups excluding carboxylic acids is 4. The van der Waals surface area contributed by atoms with Crippen molar-refractivity contribution in [2.24, 2.45) is 0 Å². The molecule has 3 rings (SSSR count). The summed E-state index contributed by atoms with van der Waals surface area (Å²) >= 11 is 0. The van der Waals surface area contributed by atoms with E-state index in [0.29, 0.717) is 41.9 Å². The lowest BCUT2D eigenvalue weighted by molar-refractivity contribution is -0.144. The number of benzene rings is 3. The minimum Gasteiger partial charge on any atom is -0.490 e. The van der Waals surface area contributed by atoms with Gasteiger partial charge in [0.15, 0.2) is 0 Å². The van der Waals surface area contributed by atoms with Crippen LogP contribution in [0.2, 0.25) is 0 Å². The van der Waals surface area contributed by atoms with Crippen LogP contribution in [0.3, 0.4) is 0 Å². The van der Waals surface area contributed by atoms with Crippen molar-refractivity contribution in [1.82, 2.24) is 0 Å². The Labute approximate surface area is 254 Å². The standard InChI is InChI=1S/C33H34O11/c1-2-30(35)41-22-20-39-26-11-7-24(8-12-26)32(37)43-28-15-17-29(18-16-28)44-33(38)25-9-13-27(14-10-25)40-21-23-42-31(36)6-4-3-5-19-34/h2,7-18,34H,1,3-6,19-23H2. The maximum absolute atomic E-state index is 12.5. The van der Waals surface area contributed by atoms with Crippen molar-refractivity contribution in [3.8, 4) is 23.0 Å². The van der Waals surface area contributed by atoms with E-state index in [2.05, 4.69) is 6.58 Å². The summed E-state index contributed by atoms with van der Waals surface area (Å²) in [5.74, 6) is -0.511. The topological polar surface area (TPSA) is 144 Å². The summed E-state index contributed by atoms with van der Waals surface area (Å²) < 4.78 is 31.7. The van der Waals surface area contributed by atoms with E-state index in [1.807, 2.05) is 0 Å². The zero-order chi connectivity index (χ0) is 31.6. The van der Waals surface area contributed by atoms with E-state index in [-0.39, 0.29) is 50.5 Å². The molecule has 0 aliphatic carbocycles. The SMILES string of the molecule is C=CC(=O)OCCOc1ccc(C(=O)Oc2ccc(OC(=O)c3ccc(OCCOC(=O)CCCCCO)cc3)cc2)cc1. The van der Waals surface area contributed by atoms with Crippen molar-refractivity contribution < 1.29 is 52.7 Å². The summed E-state index contributed by atoms with van der Waals surface area (Å²) in [5, 5.41) is 8.74. The first kappa shape index (κ1) is 33.3. The zero-order valence-electron chi connectivity index (χ0n) is 24.1. The Hall–Kier alpha value is -5.16. The lowest BCUT2D eigenvalue weighted by Gasteiger charge is -2.09. The average Bonchev–Trinajstić information content (AvgIpc) is 3.04. The number of hydrogen-bond donors (Lipinski definition) is 1. The first-order chi connectivity index (χ1) is 21.4. The molecule has 3 aromatic rings. The van der Waals surface area contributed by atoms with Gasteiger partial charge in [-0.2, -0.15) is 0 Å². The molecule has 0 bridgehead atoms. The summed E-state index contributed by atoms with van der Waals surface area (Å²) in [6.07, 6.45) is 3.47. The predicted octanol–water partition coefficient (Wildman–Crippen LogP) is 4.71. The van der Waals surface area contributed by atoms with Gasteiger partial charge in [-0.25, -0.2) is 14.4 Å². The van der Waals surface area contributed by atoms with Crippen LogP contribution in [0.1, 0.15) is 46.4 Å². The lowest BCUT2D eigenvalue weighted by Crippen LogP contribution is -2.12. The third-order valence-electron chi connectivity index (χ3n) is 5.84. The number of rotatable bonds is 18. The third-order valence-corrected chi connectivity index (χ3v) is 5.84. The molecular weight excluding hydrogens is 572 g/mol. The Morgan fingerprint density at radius 1 is 0.591 bits per heavy atom. The number of carbonyl (C=O) groups is 4. The van der Waals surface area contributed by atoms with Gasteiger partial charge in [-0.05, 0) is 85.6 Å². The number of aliphatic hydroxyl groups excluding tert-OH is 1. The van der Waals surface area contributed by atoms with Crippen molar-refractivity contribution in [3.63, 3.8) is 0 Å². The minimum atomic E-state index is -0.587. The van der Waals surface area contributed by atoms with Crippen molar-refractivity contribution in [2.45, 2.75) is 25.7 Å². The molecule has 0 radical (unpaired) electrons. The maximum atomic E-state index is 12.5. The average molecular weight is 607 g/mol. The van der Waals surface area contributed by atoms with Crippen LogP contribution in [0.25, 0.3) is 0 Å². The van der Waals surface area contributed by atoms with Gasteiger partial charge in [-0.15, -0.1) is 0 Å². The monoisotopic (exact) mass is 606 g/mol. The van der Waals surface area contributed by atoms with Gasteiger partial charge < -0.3 is 33.5 Å². The second-order valence-corrected chi connectivity index (χ2v) is 9.12.